The number of methoxy groups -OCH3 is 2. The fourth-order valence-corrected chi connectivity index (χ4v) is 3.78. The van der Waals surface area contributed by atoms with E-state index in [0.29, 0.717) is 0 Å². The maximum absolute atomic E-state index is 13.3. The summed E-state index contributed by atoms with van der Waals surface area (Å²) in [6.07, 6.45) is -1.78. The molecule has 15 heteroatoms. The van der Waals surface area contributed by atoms with Crippen LogP contribution in [-0.2, 0) is 49.6 Å². The summed E-state index contributed by atoms with van der Waals surface area (Å²) in [5.74, 6) is -4.89. The van der Waals surface area contributed by atoms with Crippen molar-refractivity contribution < 1.29 is 52.2 Å². The van der Waals surface area contributed by atoms with E-state index in [-0.39, 0.29) is 44.6 Å². The van der Waals surface area contributed by atoms with E-state index in [4.69, 9.17) is 4.74 Å². The summed E-state index contributed by atoms with van der Waals surface area (Å²) in [7, 11) is 2.28. The molecule has 0 spiro atoms. The average molecular weight is 625 g/mol. The van der Waals surface area contributed by atoms with Gasteiger partial charge in [-0.2, -0.15) is 0 Å². The van der Waals surface area contributed by atoms with Crippen molar-refractivity contribution >= 4 is 41.5 Å². The molecule has 0 fully saturated rings. The van der Waals surface area contributed by atoms with Gasteiger partial charge in [0, 0.05) is 12.8 Å². The molecule has 0 bridgehead atoms. The number of amides is 4. The number of halogens is 1. The van der Waals surface area contributed by atoms with Crippen molar-refractivity contribution in [3.63, 3.8) is 0 Å². The molecule has 0 saturated heterocycles. The van der Waals surface area contributed by atoms with Gasteiger partial charge >= 0.3 is 18.0 Å². The summed E-state index contributed by atoms with van der Waals surface area (Å²) in [6.45, 7) is 1.63. The molecule has 14 nitrogen and oxygen atoms in total. The van der Waals surface area contributed by atoms with E-state index in [1.165, 1.54) is 0 Å². The number of alkyl carbamates (subject to hydrolysis) is 1. The molecule has 1 aromatic rings. The number of carbonyl (C=O) groups excluding carboxylic acids is 7. The molecule has 0 aromatic heterocycles. The van der Waals surface area contributed by atoms with Crippen molar-refractivity contribution in [1.82, 2.24) is 21.3 Å². The van der Waals surface area contributed by atoms with Crippen molar-refractivity contribution in [2.24, 2.45) is 5.92 Å². The third-order valence-corrected chi connectivity index (χ3v) is 6.13. The Labute approximate surface area is 255 Å². The Morgan fingerprint density at radius 1 is 0.750 bits per heavy atom. The monoisotopic (exact) mass is 624 g/mol. The van der Waals surface area contributed by atoms with Crippen molar-refractivity contribution in [2.75, 3.05) is 27.4 Å². The lowest BCUT2D eigenvalue weighted by atomic mass is 10.0. The molecule has 1 rings (SSSR count). The van der Waals surface area contributed by atoms with Crippen molar-refractivity contribution in [2.45, 2.75) is 70.7 Å². The summed E-state index contributed by atoms with van der Waals surface area (Å²) in [4.78, 5) is 86.7. The number of nitrogens with one attached hydrogen (secondary N) is 4. The SMILES string of the molecule is COC(=O)CC[C@H](NC(=O)[C@H](CCC(=O)OC)NC(=O)[C@H](CC(C)C)NC(=O)OCc1ccccc1)C(=O)NCC(=O)CF. The molecule has 0 aliphatic rings. The normalized spacial score (nSPS) is 12.6. The fraction of sp³-hybridized carbons (Fsp3) is 0.552. The van der Waals surface area contributed by atoms with E-state index in [1.807, 2.05) is 13.8 Å². The van der Waals surface area contributed by atoms with Gasteiger partial charge in [-0.3, -0.25) is 28.8 Å². The largest absolute Gasteiger partial charge is 0.469 e. The zero-order chi connectivity index (χ0) is 33.1. The van der Waals surface area contributed by atoms with Gasteiger partial charge in [0.15, 0.2) is 5.78 Å². The number of Topliss-reactive ketones (excluding diaryl/α,β-unsaturated/α-hetero) is 1. The highest BCUT2D eigenvalue weighted by Gasteiger charge is 2.31. The lowest BCUT2D eigenvalue weighted by Crippen LogP contribution is -2.57. The average Bonchev–Trinajstić information content (AvgIpc) is 3.01. The third-order valence-electron chi connectivity index (χ3n) is 6.13. The first kappa shape index (κ1) is 37.5. The standard InChI is InChI=1S/C29H41FN4O10/c1-18(2)14-23(34-29(41)44-17-19-8-6-5-7-9-19)28(40)33-22(11-13-25(37)43-4)27(39)32-21(10-12-24(36)42-3)26(38)31-16-20(35)15-30/h5-9,18,21-23H,10-17H2,1-4H3,(H,31,38)(H,32,39)(H,33,40)(H,34,41)/t21-,22-,23-/m0/s1. The Balaban J connectivity index is 3.08. The Hall–Kier alpha value is -4.56. The first-order valence-corrected chi connectivity index (χ1v) is 14.0. The molecule has 0 aliphatic carbocycles. The fourth-order valence-electron chi connectivity index (χ4n) is 3.78. The summed E-state index contributed by atoms with van der Waals surface area (Å²) < 4.78 is 27.0. The molecule has 0 heterocycles. The summed E-state index contributed by atoms with van der Waals surface area (Å²) in [5.41, 5.74) is 0.729. The molecule has 3 atom stereocenters. The maximum Gasteiger partial charge on any atom is 0.408 e. The van der Waals surface area contributed by atoms with Crippen molar-refractivity contribution in [3.8, 4) is 0 Å². The van der Waals surface area contributed by atoms with Crippen LogP contribution in [-0.4, -0.2) is 87.1 Å². The highest BCUT2D eigenvalue weighted by atomic mass is 19.1. The maximum atomic E-state index is 13.3. The van der Waals surface area contributed by atoms with E-state index in [0.717, 1.165) is 19.8 Å². The highest BCUT2D eigenvalue weighted by Crippen LogP contribution is 2.09. The van der Waals surface area contributed by atoms with Gasteiger partial charge in [0.05, 0.1) is 20.8 Å². The number of hydrogen-bond donors (Lipinski definition) is 4. The van der Waals surface area contributed by atoms with Crippen LogP contribution in [0.5, 0.6) is 0 Å². The number of ether oxygens (including phenoxy) is 3. The van der Waals surface area contributed by atoms with Gasteiger partial charge in [-0.15, -0.1) is 0 Å². The Morgan fingerprint density at radius 3 is 1.77 bits per heavy atom. The van der Waals surface area contributed by atoms with Crippen LogP contribution < -0.4 is 21.3 Å². The molecule has 4 amide bonds. The predicted octanol–water partition coefficient (Wildman–Crippen LogP) is 0.858. The van der Waals surface area contributed by atoms with E-state index in [2.05, 4.69) is 30.7 Å². The second kappa shape index (κ2) is 20.4. The minimum atomic E-state index is -1.39. The molecule has 0 aliphatic heterocycles. The summed E-state index contributed by atoms with van der Waals surface area (Å²) in [6, 6.07) is 4.97. The molecule has 4 N–H and O–H groups in total. The van der Waals surface area contributed by atoms with Crippen LogP contribution in [0.1, 0.15) is 51.5 Å². The zero-order valence-corrected chi connectivity index (χ0v) is 25.3. The molecular formula is C29H41FN4O10. The number of esters is 2. The molecule has 1 aromatic carbocycles. The quantitative estimate of drug-likeness (QED) is 0.127. The first-order valence-electron chi connectivity index (χ1n) is 14.0. The topological polar surface area (TPSA) is 195 Å². The van der Waals surface area contributed by atoms with Gasteiger partial charge in [-0.05, 0) is 30.7 Å². The van der Waals surface area contributed by atoms with Gasteiger partial charge < -0.3 is 35.5 Å². The Kier molecular flexibility index (Phi) is 17.3. The summed E-state index contributed by atoms with van der Waals surface area (Å²) >= 11 is 0. The van der Waals surface area contributed by atoms with Gasteiger partial charge in [0.1, 0.15) is 31.4 Å². The number of hydrogen-bond acceptors (Lipinski definition) is 10. The van der Waals surface area contributed by atoms with Crippen LogP contribution in [0.25, 0.3) is 0 Å². The van der Waals surface area contributed by atoms with E-state index in [9.17, 15) is 38.0 Å². The van der Waals surface area contributed by atoms with Crippen LogP contribution in [0.15, 0.2) is 30.3 Å². The molecule has 0 radical (unpaired) electrons. The number of carbonyl (C=O) groups is 7. The van der Waals surface area contributed by atoms with Crippen molar-refractivity contribution in [3.05, 3.63) is 35.9 Å². The number of benzene rings is 1. The number of ketones is 1. The third kappa shape index (κ3) is 15.1. The molecule has 244 valence electrons. The predicted molar refractivity (Wildman–Crippen MR) is 153 cm³/mol. The molecule has 0 unspecified atom stereocenters. The smallest absolute Gasteiger partial charge is 0.408 e. The second-order valence-electron chi connectivity index (χ2n) is 10.1. The molecular weight excluding hydrogens is 583 g/mol. The number of alkyl halides is 1. The van der Waals surface area contributed by atoms with Crippen LogP contribution in [0.2, 0.25) is 0 Å². The zero-order valence-electron chi connectivity index (χ0n) is 25.3. The Morgan fingerprint density at radius 2 is 1.27 bits per heavy atom. The van der Waals surface area contributed by atoms with Crippen LogP contribution in [0.4, 0.5) is 9.18 Å². The van der Waals surface area contributed by atoms with Crippen LogP contribution in [0, 0.1) is 5.92 Å². The molecule has 0 saturated carbocycles. The van der Waals surface area contributed by atoms with Crippen molar-refractivity contribution in [1.29, 1.82) is 0 Å². The van der Waals surface area contributed by atoms with Crippen LogP contribution >= 0.6 is 0 Å². The van der Waals surface area contributed by atoms with E-state index < -0.39 is 72.9 Å². The Bertz CT molecular complexity index is 1130. The van der Waals surface area contributed by atoms with Crippen LogP contribution in [0.3, 0.4) is 0 Å². The highest BCUT2D eigenvalue weighted by molar-refractivity contribution is 5.95. The van der Waals surface area contributed by atoms with Gasteiger partial charge in [-0.1, -0.05) is 44.2 Å². The lowest BCUT2D eigenvalue weighted by molar-refractivity contribution is -0.142. The van der Waals surface area contributed by atoms with E-state index >= 15 is 0 Å². The number of rotatable bonds is 19. The minimum absolute atomic E-state index is 0.0429. The van der Waals surface area contributed by atoms with Gasteiger partial charge in [-0.25, -0.2) is 9.18 Å². The molecule has 44 heavy (non-hydrogen) atoms. The lowest BCUT2D eigenvalue weighted by Gasteiger charge is -2.25. The van der Waals surface area contributed by atoms with Gasteiger partial charge in [0.2, 0.25) is 17.7 Å². The first-order chi connectivity index (χ1) is 20.9. The second-order valence-corrected chi connectivity index (χ2v) is 10.1. The minimum Gasteiger partial charge on any atom is -0.469 e. The van der Waals surface area contributed by atoms with Gasteiger partial charge in [0.25, 0.3) is 0 Å². The summed E-state index contributed by atoms with van der Waals surface area (Å²) in [5, 5.41) is 9.59. The van der Waals surface area contributed by atoms with E-state index in [1.54, 1.807) is 30.3 Å².